The predicted molar refractivity (Wildman–Crippen MR) is 75.4 cm³/mol. The third kappa shape index (κ3) is 2.04. The number of methoxy groups -OCH3 is 1. The molecule has 0 unspecified atom stereocenters. The molecule has 100 valence electrons. The van der Waals surface area contributed by atoms with E-state index < -0.39 is 0 Å². The number of carbonyl (C=O) groups is 1. The molecule has 0 spiro atoms. The van der Waals surface area contributed by atoms with Crippen LogP contribution in [0, 0.1) is 0 Å². The molecule has 0 N–H and O–H groups in total. The average Bonchev–Trinajstić information content (AvgIpc) is 2.92. The number of aromatic nitrogens is 1. The Kier molecular flexibility index (Phi) is 3.16. The lowest BCUT2D eigenvalue weighted by atomic mass is 10.1. The third-order valence-electron chi connectivity index (χ3n) is 2.97. The van der Waals surface area contributed by atoms with Crippen LogP contribution >= 0.6 is 11.6 Å². The second-order valence-corrected chi connectivity index (χ2v) is 4.58. The van der Waals surface area contributed by atoms with E-state index in [9.17, 15) is 4.79 Å². The molecular formula is C15H10ClNO3. The molecule has 0 bridgehead atoms. The van der Waals surface area contributed by atoms with Gasteiger partial charge >= 0.3 is 0 Å². The molecule has 20 heavy (non-hydrogen) atoms. The molecule has 5 heteroatoms. The van der Waals surface area contributed by atoms with Crippen molar-refractivity contribution in [2.24, 2.45) is 0 Å². The summed E-state index contributed by atoms with van der Waals surface area (Å²) in [4.78, 5) is 16.4. The molecule has 2 heterocycles. The molecule has 3 aromatic rings. The van der Waals surface area contributed by atoms with Crippen LogP contribution < -0.4 is 4.74 Å². The Balaban J connectivity index is 2.11. The molecule has 0 fully saturated rings. The van der Waals surface area contributed by atoms with Crippen molar-refractivity contribution in [3.63, 3.8) is 0 Å². The Morgan fingerprint density at radius 3 is 2.95 bits per heavy atom. The predicted octanol–water partition coefficient (Wildman–Crippen LogP) is 3.72. The first kappa shape index (κ1) is 12.7. The Morgan fingerprint density at radius 2 is 2.20 bits per heavy atom. The van der Waals surface area contributed by atoms with Crippen molar-refractivity contribution >= 4 is 28.4 Å². The van der Waals surface area contributed by atoms with Gasteiger partial charge in [-0.1, -0.05) is 23.7 Å². The largest absolute Gasteiger partial charge is 0.494 e. The molecule has 3 rings (SSSR count). The van der Waals surface area contributed by atoms with Gasteiger partial charge in [0.05, 0.1) is 23.9 Å². The number of para-hydroxylation sites is 1. The van der Waals surface area contributed by atoms with Crippen molar-refractivity contribution in [3.8, 4) is 5.75 Å². The van der Waals surface area contributed by atoms with E-state index in [4.69, 9.17) is 20.8 Å². The SMILES string of the molecule is COc1cnccc1C(=O)c1cc2cccc(Cl)c2o1. The van der Waals surface area contributed by atoms with E-state index >= 15 is 0 Å². The van der Waals surface area contributed by atoms with Gasteiger partial charge in [0.15, 0.2) is 11.3 Å². The number of furan rings is 1. The zero-order valence-corrected chi connectivity index (χ0v) is 11.3. The summed E-state index contributed by atoms with van der Waals surface area (Å²) >= 11 is 6.04. The van der Waals surface area contributed by atoms with Crippen molar-refractivity contribution in [2.45, 2.75) is 0 Å². The van der Waals surface area contributed by atoms with E-state index in [-0.39, 0.29) is 11.5 Å². The maximum absolute atomic E-state index is 12.5. The second-order valence-electron chi connectivity index (χ2n) is 4.17. The summed E-state index contributed by atoms with van der Waals surface area (Å²) in [5, 5.41) is 1.26. The van der Waals surface area contributed by atoms with E-state index in [1.165, 1.54) is 19.5 Å². The van der Waals surface area contributed by atoms with Gasteiger partial charge in [-0.05, 0) is 18.2 Å². The second kappa shape index (κ2) is 4.98. The van der Waals surface area contributed by atoms with E-state index in [0.717, 1.165) is 5.39 Å². The molecule has 0 aliphatic heterocycles. The van der Waals surface area contributed by atoms with Gasteiger partial charge in [0.25, 0.3) is 0 Å². The maximum Gasteiger partial charge on any atom is 0.232 e. The first-order chi connectivity index (χ1) is 9.70. The fourth-order valence-corrected chi connectivity index (χ4v) is 2.22. The maximum atomic E-state index is 12.5. The van der Waals surface area contributed by atoms with Crippen LogP contribution in [0.5, 0.6) is 5.75 Å². The lowest BCUT2D eigenvalue weighted by Gasteiger charge is -2.04. The highest BCUT2D eigenvalue weighted by atomic mass is 35.5. The van der Waals surface area contributed by atoms with Gasteiger partial charge in [-0.15, -0.1) is 0 Å². The molecule has 0 aliphatic rings. The summed E-state index contributed by atoms with van der Waals surface area (Å²) in [6, 6.07) is 8.63. The number of carbonyl (C=O) groups excluding carboxylic acids is 1. The summed E-state index contributed by atoms with van der Waals surface area (Å²) in [6.45, 7) is 0. The Morgan fingerprint density at radius 1 is 1.35 bits per heavy atom. The highest BCUT2D eigenvalue weighted by molar-refractivity contribution is 6.35. The van der Waals surface area contributed by atoms with Gasteiger partial charge in [-0.25, -0.2) is 0 Å². The summed E-state index contributed by atoms with van der Waals surface area (Å²) < 4.78 is 10.7. The van der Waals surface area contributed by atoms with Crippen molar-refractivity contribution in [1.82, 2.24) is 4.98 Å². The third-order valence-corrected chi connectivity index (χ3v) is 3.27. The van der Waals surface area contributed by atoms with Crippen LogP contribution in [0.15, 0.2) is 47.1 Å². The minimum atomic E-state index is -0.267. The number of hydrogen-bond donors (Lipinski definition) is 0. The Bertz CT molecular complexity index is 795. The minimum Gasteiger partial charge on any atom is -0.494 e. The number of ether oxygens (including phenoxy) is 1. The van der Waals surface area contributed by atoms with E-state index in [1.54, 1.807) is 18.2 Å². The highest BCUT2D eigenvalue weighted by Gasteiger charge is 2.19. The molecule has 0 saturated carbocycles. The van der Waals surface area contributed by atoms with E-state index in [1.807, 2.05) is 12.1 Å². The lowest BCUT2D eigenvalue weighted by molar-refractivity contribution is 0.101. The topological polar surface area (TPSA) is 52.3 Å². The van der Waals surface area contributed by atoms with Crippen LogP contribution in [-0.4, -0.2) is 17.9 Å². The van der Waals surface area contributed by atoms with Crippen LogP contribution in [0.25, 0.3) is 11.0 Å². The first-order valence-corrected chi connectivity index (χ1v) is 6.29. The number of halogens is 1. The molecule has 4 nitrogen and oxygen atoms in total. The molecule has 2 aromatic heterocycles. The number of rotatable bonds is 3. The Hall–Kier alpha value is -2.33. The summed E-state index contributed by atoms with van der Waals surface area (Å²) in [6.07, 6.45) is 3.02. The van der Waals surface area contributed by atoms with E-state index in [2.05, 4.69) is 4.98 Å². The van der Waals surface area contributed by atoms with Crippen molar-refractivity contribution in [1.29, 1.82) is 0 Å². The van der Waals surface area contributed by atoms with Gasteiger partial charge in [0.2, 0.25) is 5.78 Å². The van der Waals surface area contributed by atoms with Gasteiger partial charge in [0, 0.05) is 11.6 Å². The molecular weight excluding hydrogens is 278 g/mol. The summed E-state index contributed by atoms with van der Waals surface area (Å²) in [7, 11) is 1.49. The molecule has 1 aromatic carbocycles. The number of pyridine rings is 1. The number of benzene rings is 1. The zero-order valence-electron chi connectivity index (χ0n) is 10.6. The smallest absolute Gasteiger partial charge is 0.232 e. The monoisotopic (exact) mass is 287 g/mol. The van der Waals surface area contributed by atoms with Crippen molar-refractivity contribution in [2.75, 3.05) is 7.11 Å². The Labute approximate surface area is 119 Å². The zero-order chi connectivity index (χ0) is 14.1. The average molecular weight is 288 g/mol. The quantitative estimate of drug-likeness (QED) is 0.689. The van der Waals surface area contributed by atoms with Crippen molar-refractivity contribution in [3.05, 3.63) is 59.1 Å². The number of hydrogen-bond acceptors (Lipinski definition) is 4. The van der Waals surface area contributed by atoms with Crippen LogP contribution in [0.3, 0.4) is 0 Å². The molecule has 0 radical (unpaired) electrons. The fraction of sp³-hybridized carbons (Fsp3) is 0.0667. The van der Waals surface area contributed by atoms with Crippen LogP contribution in [0.1, 0.15) is 16.1 Å². The minimum absolute atomic E-state index is 0.220. The van der Waals surface area contributed by atoms with Crippen LogP contribution in [0.2, 0.25) is 5.02 Å². The normalized spacial score (nSPS) is 10.7. The first-order valence-electron chi connectivity index (χ1n) is 5.91. The standard InChI is InChI=1S/C15H10ClNO3/c1-19-13-8-17-6-5-10(13)14(18)12-7-9-3-2-4-11(16)15(9)20-12/h2-8H,1H3. The molecule has 0 saturated heterocycles. The van der Waals surface area contributed by atoms with Gasteiger partial charge in [0.1, 0.15) is 5.75 Å². The van der Waals surface area contributed by atoms with Gasteiger partial charge in [-0.2, -0.15) is 0 Å². The van der Waals surface area contributed by atoms with Crippen molar-refractivity contribution < 1.29 is 13.9 Å². The lowest BCUT2D eigenvalue weighted by Crippen LogP contribution is -2.02. The fourth-order valence-electron chi connectivity index (χ4n) is 2.00. The number of nitrogens with zero attached hydrogens (tertiary/aromatic N) is 1. The van der Waals surface area contributed by atoms with E-state index in [0.29, 0.717) is 21.9 Å². The highest BCUT2D eigenvalue weighted by Crippen LogP contribution is 2.29. The van der Waals surface area contributed by atoms with Crippen LogP contribution in [-0.2, 0) is 0 Å². The summed E-state index contributed by atoms with van der Waals surface area (Å²) in [5.41, 5.74) is 0.906. The summed E-state index contributed by atoms with van der Waals surface area (Å²) in [5.74, 6) is 0.359. The number of ketones is 1. The molecule has 0 amide bonds. The molecule has 0 aliphatic carbocycles. The number of fused-ring (bicyclic) bond motifs is 1. The van der Waals surface area contributed by atoms with Gasteiger partial charge < -0.3 is 9.15 Å². The molecule has 0 atom stereocenters. The van der Waals surface area contributed by atoms with Gasteiger partial charge in [-0.3, -0.25) is 9.78 Å². The van der Waals surface area contributed by atoms with Crippen LogP contribution in [0.4, 0.5) is 0 Å².